The van der Waals surface area contributed by atoms with Gasteiger partial charge in [0.25, 0.3) is 15.6 Å². The normalized spacial score (nSPS) is 19.5. The number of aryl methyl sites for hydroxylation is 2. The van der Waals surface area contributed by atoms with E-state index in [1.807, 2.05) is 6.07 Å². The molecular formula is C18H25N5O3S. The monoisotopic (exact) mass is 391 g/mol. The summed E-state index contributed by atoms with van der Waals surface area (Å²) < 4.78 is 30.3. The number of hydrogen-bond acceptors (Lipinski definition) is 5. The molecule has 1 aliphatic heterocycles. The van der Waals surface area contributed by atoms with Gasteiger partial charge in [0.2, 0.25) is 0 Å². The molecule has 0 aromatic carbocycles. The van der Waals surface area contributed by atoms with Crippen molar-refractivity contribution < 1.29 is 8.42 Å². The summed E-state index contributed by atoms with van der Waals surface area (Å²) in [5.74, 6) is 1.43. The highest BCUT2D eigenvalue weighted by atomic mass is 32.2. The zero-order valence-corrected chi connectivity index (χ0v) is 16.5. The number of piperidine rings is 1. The Balaban J connectivity index is 1.42. The van der Waals surface area contributed by atoms with E-state index < -0.39 is 10.0 Å². The molecule has 0 unspecified atom stereocenters. The number of aromatic nitrogens is 4. The van der Waals surface area contributed by atoms with Crippen molar-refractivity contribution in [1.82, 2.24) is 23.6 Å². The van der Waals surface area contributed by atoms with Gasteiger partial charge in [-0.2, -0.15) is 9.40 Å². The second-order valence-electron chi connectivity index (χ2n) is 7.64. The second-order valence-corrected chi connectivity index (χ2v) is 9.52. The van der Waals surface area contributed by atoms with Gasteiger partial charge < -0.3 is 4.57 Å². The van der Waals surface area contributed by atoms with E-state index in [1.165, 1.54) is 4.31 Å². The van der Waals surface area contributed by atoms with Crippen molar-refractivity contribution in [2.75, 3.05) is 13.1 Å². The Morgan fingerprint density at radius 3 is 2.44 bits per heavy atom. The molecule has 0 bridgehead atoms. The van der Waals surface area contributed by atoms with E-state index >= 15 is 0 Å². The lowest BCUT2D eigenvalue weighted by Crippen LogP contribution is -2.40. The molecule has 2 aliphatic rings. The Hall–Kier alpha value is -2.00. The Bertz CT molecular complexity index is 979. The molecule has 0 atom stereocenters. The molecule has 0 spiro atoms. The molecule has 146 valence electrons. The third kappa shape index (κ3) is 3.70. The second kappa shape index (κ2) is 6.87. The summed E-state index contributed by atoms with van der Waals surface area (Å²) in [6.07, 6.45) is 5.28. The lowest BCUT2D eigenvalue weighted by atomic mass is 9.98. The molecule has 1 aliphatic carbocycles. The van der Waals surface area contributed by atoms with Crippen LogP contribution in [0.4, 0.5) is 0 Å². The van der Waals surface area contributed by atoms with Crippen LogP contribution < -0.4 is 5.56 Å². The molecule has 0 N–H and O–H groups in total. The van der Waals surface area contributed by atoms with Gasteiger partial charge >= 0.3 is 0 Å². The van der Waals surface area contributed by atoms with Crippen molar-refractivity contribution in [2.45, 2.75) is 50.1 Å². The van der Waals surface area contributed by atoms with Crippen LogP contribution in [-0.2, 0) is 23.6 Å². The molecule has 2 aromatic heterocycles. The Morgan fingerprint density at radius 1 is 1.15 bits per heavy atom. The quantitative estimate of drug-likeness (QED) is 0.765. The number of hydrogen-bond donors (Lipinski definition) is 0. The fraction of sp³-hybridized carbons (Fsp3) is 0.611. The maximum atomic E-state index is 12.8. The lowest BCUT2D eigenvalue weighted by Gasteiger charge is -2.30. The third-order valence-corrected chi connectivity index (χ3v) is 7.35. The number of imidazole rings is 1. The van der Waals surface area contributed by atoms with Crippen LogP contribution in [0.3, 0.4) is 0 Å². The van der Waals surface area contributed by atoms with Gasteiger partial charge in [0.15, 0.2) is 5.03 Å². The topological polar surface area (TPSA) is 90.1 Å². The van der Waals surface area contributed by atoms with Crippen LogP contribution in [0.5, 0.6) is 0 Å². The average molecular weight is 391 g/mol. The SMILES string of the molecule is Cc1nc(S(=O)(=O)N2CCC(Cn3nc(C4CC4)ccc3=O)CC2)cn1C. The van der Waals surface area contributed by atoms with Gasteiger partial charge in [0.05, 0.1) is 5.69 Å². The van der Waals surface area contributed by atoms with Crippen LogP contribution >= 0.6 is 0 Å². The number of rotatable bonds is 5. The minimum absolute atomic E-state index is 0.0848. The van der Waals surface area contributed by atoms with E-state index in [1.54, 1.807) is 35.5 Å². The summed E-state index contributed by atoms with van der Waals surface area (Å²) in [6, 6.07) is 3.43. The van der Waals surface area contributed by atoms with Crippen LogP contribution in [-0.4, -0.2) is 45.1 Å². The largest absolute Gasteiger partial charge is 0.337 e. The predicted molar refractivity (Wildman–Crippen MR) is 99.9 cm³/mol. The summed E-state index contributed by atoms with van der Waals surface area (Å²) in [4.78, 5) is 16.3. The van der Waals surface area contributed by atoms with Gasteiger partial charge in [-0.1, -0.05) is 0 Å². The summed E-state index contributed by atoms with van der Waals surface area (Å²) in [5.41, 5.74) is 0.915. The minimum atomic E-state index is -3.56. The van der Waals surface area contributed by atoms with Crippen molar-refractivity contribution in [3.63, 3.8) is 0 Å². The standard InChI is InChI=1S/C18H25N5O3S/c1-13-19-17(12-21(13)2)27(25,26)22-9-7-14(8-10-22)11-23-18(24)6-5-16(20-23)15-3-4-15/h5-6,12,14-15H,3-4,7-11H2,1-2H3. The van der Waals surface area contributed by atoms with Gasteiger partial charge in [-0.15, -0.1) is 0 Å². The molecule has 0 radical (unpaired) electrons. The van der Waals surface area contributed by atoms with E-state index in [4.69, 9.17) is 0 Å². The first-order valence-corrected chi connectivity index (χ1v) is 10.9. The van der Waals surface area contributed by atoms with Crippen molar-refractivity contribution >= 4 is 10.0 Å². The van der Waals surface area contributed by atoms with Gasteiger partial charge in [0.1, 0.15) is 5.82 Å². The first kappa shape index (κ1) is 18.4. The van der Waals surface area contributed by atoms with Crippen molar-refractivity contribution in [1.29, 1.82) is 0 Å². The van der Waals surface area contributed by atoms with Gasteiger partial charge in [-0.3, -0.25) is 4.79 Å². The predicted octanol–water partition coefficient (Wildman–Crippen LogP) is 1.26. The van der Waals surface area contributed by atoms with E-state index in [0.29, 0.717) is 44.2 Å². The van der Waals surface area contributed by atoms with E-state index in [2.05, 4.69) is 10.1 Å². The third-order valence-electron chi connectivity index (χ3n) is 5.58. The first-order valence-electron chi connectivity index (χ1n) is 9.43. The molecule has 0 amide bonds. The Morgan fingerprint density at radius 2 is 1.85 bits per heavy atom. The average Bonchev–Trinajstić information content (AvgIpc) is 3.43. The van der Waals surface area contributed by atoms with Gasteiger partial charge in [0, 0.05) is 44.9 Å². The van der Waals surface area contributed by atoms with Crippen LogP contribution in [0.1, 0.15) is 43.1 Å². The summed E-state index contributed by atoms with van der Waals surface area (Å²) in [6.45, 7) is 3.22. The molecule has 8 nitrogen and oxygen atoms in total. The molecule has 4 rings (SSSR count). The molecule has 1 saturated heterocycles. The van der Waals surface area contributed by atoms with E-state index in [-0.39, 0.29) is 16.5 Å². The highest BCUT2D eigenvalue weighted by Gasteiger charge is 2.32. The number of sulfonamides is 1. The van der Waals surface area contributed by atoms with Gasteiger partial charge in [-0.05, 0) is 44.6 Å². The van der Waals surface area contributed by atoms with E-state index in [0.717, 1.165) is 18.5 Å². The molecule has 1 saturated carbocycles. The molecule has 27 heavy (non-hydrogen) atoms. The van der Waals surface area contributed by atoms with Crippen LogP contribution in [0, 0.1) is 12.8 Å². The number of nitrogens with zero attached hydrogens (tertiary/aromatic N) is 5. The Labute approximate surface area is 158 Å². The molecule has 2 aromatic rings. The molecule has 9 heteroatoms. The van der Waals surface area contributed by atoms with Crippen LogP contribution in [0.2, 0.25) is 0 Å². The zero-order chi connectivity index (χ0) is 19.2. The fourth-order valence-electron chi connectivity index (χ4n) is 3.55. The van der Waals surface area contributed by atoms with Crippen molar-refractivity contribution in [3.8, 4) is 0 Å². The first-order chi connectivity index (χ1) is 12.8. The molecular weight excluding hydrogens is 366 g/mol. The molecule has 2 fully saturated rings. The fourth-order valence-corrected chi connectivity index (χ4v) is 5.05. The maximum Gasteiger partial charge on any atom is 0.266 e. The summed E-state index contributed by atoms with van der Waals surface area (Å²) in [7, 11) is -1.77. The van der Waals surface area contributed by atoms with E-state index in [9.17, 15) is 13.2 Å². The lowest BCUT2D eigenvalue weighted by molar-refractivity contribution is 0.243. The van der Waals surface area contributed by atoms with Crippen LogP contribution in [0.15, 0.2) is 28.2 Å². The highest BCUT2D eigenvalue weighted by molar-refractivity contribution is 7.89. The maximum absolute atomic E-state index is 12.8. The minimum Gasteiger partial charge on any atom is -0.337 e. The molecule has 3 heterocycles. The van der Waals surface area contributed by atoms with Crippen LogP contribution in [0.25, 0.3) is 0 Å². The summed E-state index contributed by atoms with van der Waals surface area (Å²) >= 11 is 0. The van der Waals surface area contributed by atoms with Crippen molar-refractivity contribution in [3.05, 3.63) is 40.2 Å². The summed E-state index contributed by atoms with van der Waals surface area (Å²) in [5, 5.41) is 4.62. The van der Waals surface area contributed by atoms with Crippen molar-refractivity contribution in [2.24, 2.45) is 13.0 Å². The smallest absolute Gasteiger partial charge is 0.266 e. The Kier molecular flexibility index (Phi) is 4.67. The zero-order valence-electron chi connectivity index (χ0n) is 15.7. The van der Waals surface area contributed by atoms with Gasteiger partial charge in [-0.25, -0.2) is 18.1 Å². The highest BCUT2D eigenvalue weighted by Crippen LogP contribution is 2.38.